The molecule has 9 heteroatoms. The highest BCUT2D eigenvalue weighted by Crippen LogP contribution is 2.29. The number of hydrogen-bond donors (Lipinski definition) is 2. The van der Waals surface area contributed by atoms with Crippen LogP contribution in [0.4, 0.5) is 5.69 Å². The van der Waals surface area contributed by atoms with E-state index in [-0.39, 0.29) is 13.1 Å². The van der Waals surface area contributed by atoms with Crippen LogP contribution in [0, 0.1) is 0 Å². The van der Waals surface area contributed by atoms with E-state index in [1.807, 2.05) is 0 Å². The molecule has 0 saturated carbocycles. The molecule has 2 rings (SSSR count). The van der Waals surface area contributed by atoms with Gasteiger partial charge < -0.3 is 10.1 Å². The third-order valence-electron chi connectivity index (χ3n) is 3.66. The van der Waals surface area contributed by atoms with E-state index in [1.165, 1.54) is 12.0 Å². The Morgan fingerprint density at radius 3 is 2.11 bits per heavy atom. The predicted molar refractivity (Wildman–Crippen MR) is 108 cm³/mol. The quantitative estimate of drug-likeness (QED) is 0.714. The first kappa shape index (κ1) is 21.7. The average molecular weight is 424 g/mol. The number of carbonyl (C=O) groups is 3. The summed E-state index contributed by atoms with van der Waals surface area (Å²) in [6.45, 7) is -0.239. The molecule has 2 N–H and O–H groups in total. The highest BCUT2D eigenvalue weighted by Gasteiger charge is 2.16. The minimum absolute atomic E-state index is 0.0916. The highest BCUT2D eigenvalue weighted by atomic mass is 35.5. The van der Waals surface area contributed by atoms with E-state index in [2.05, 4.69) is 10.6 Å². The molecule has 0 fully saturated rings. The van der Waals surface area contributed by atoms with Gasteiger partial charge in [-0.1, -0.05) is 29.3 Å². The van der Waals surface area contributed by atoms with E-state index in [0.717, 1.165) is 0 Å². The fourth-order valence-corrected chi connectivity index (χ4v) is 2.82. The average Bonchev–Trinajstić information content (AvgIpc) is 2.64. The summed E-state index contributed by atoms with van der Waals surface area (Å²) in [6, 6.07) is 11.2. The largest absolute Gasteiger partial charge is 0.497 e. The molecule has 0 bridgehead atoms. The smallest absolute Gasteiger partial charge is 0.257 e. The molecular weight excluding hydrogens is 405 g/mol. The number of methoxy groups -OCH3 is 1. The molecule has 0 spiro atoms. The summed E-state index contributed by atoms with van der Waals surface area (Å²) in [6.07, 6.45) is 0. The first-order valence-corrected chi connectivity index (χ1v) is 8.96. The predicted octanol–water partition coefficient (Wildman–Crippen LogP) is 2.83. The van der Waals surface area contributed by atoms with Gasteiger partial charge in [0.25, 0.3) is 5.91 Å². The molecule has 0 aliphatic rings. The lowest BCUT2D eigenvalue weighted by molar-refractivity contribution is -0.122. The molecule has 2 aromatic carbocycles. The Hall–Kier alpha value is -2.61. The number of amides is 3. The molecule has 0 atom stereocenters. The van der Waals surface area contributed by atoms with Gasteiger partial charge in [0, 0.05) is 5.56 Å². The van der Waals surface area contributed by atoms with Gasteiger partial charge in [0.15, 0.2) is 0 Å². The lowest BCUT2D eigenvalue weighted by Gasteiger charge is -2.16. The number of para-hydroxylation sites is 1. The van der Waals surface area contributed by atoms with Gasteiger partial charge in [-0.15, -0.1) is 0 Å². The van der Waals surface area contributed by atoms with E-state index < -0.39 is 17.7 Å². The number of ether oxygens (including phenoxy) is 1. The van der Waals surface area contributed by atoms with Gasteiger partial charge in [-0.25, -0.2) is 0 Å². The van der Waals surface area contributed by atoms with Crippen LogP contribution in [0.1, 0.15) is 10.4 Å². The van der Waals surface area contributed by atoms with Crippen LogP contribution in [0.3, 0.4) is 0 Å². The van der Waals surface area contributed by atoms with Crippen molar-refractivity contribution in [1.29, 1.82) is 0 Å². The molecule has 0 aliphatic heterocycles. The number of halogens is 2. The number of carbonyl (C=O) groups excluding carboxylic acids is 3. The second-order valence-corrected chi connectivity index (χ2v) is 6.74. The Bertz CT molecular complexity index is 852. The van der Waals surface area contributed by atoms with Gasteiger partial charge in [0.2, 0.25) is 11.8 Å². The van der Waals surface area contributed by atoms with Crippen LogP contribution < -0.4 is 15.4 Å². The molecule has 7 nitrogen and oxygen atoms in total. The molecule has 0 saturated heterocycles. The number of nitrogens with one attached hydrogen (secondary N) is 2. The molecule has 0 heterocycles. The van der Waals surface area contributed by atoms with Gasteiger partial charge in [-0.05, 0) is 43.4 Å². The maximum atomic E-state index is 12.1. The third kappa shape index (κ3) is 6.23. The van der Waals surface area contributed by atoms with Crippen LogP contribution in [0.5, 0.6) is 5.75 Å². The van der Waals surface area contributed by atoms with Crippen molar-refractivity contribution in [3.63, 3.8) is 0 Å². The zero-order valence-corrected chi connectivity index (χ0v) is 16.8. The second-order valence-electron chi connectivity index (χ2n) is 5.92. The van der Waals surface area contributed by atoms with Crippen molar-refractivity contribution < 1.29 is 19.1 Å². The van der Waals surface area contributed by atoms with Crippen molar-refractivity contribution >= 4 is 46.6 Å². The summed E-state index contributed by atoms with van der Waals surface area (Å²) in [7, 11) is 3.09. The van der Waals surface area contributed by atoms with Crippen LogP contribution in [0.15, 0.2) is 42.5 Å². The zero-order valence-electron chi connectivity index (χ0n) is 15.3. The molecule has 2 aromatic rings. The number of benzene rings is 2. The van der Waals surface area contributed by atoms with Crippen LogP contribution >= 0.6 is 23.2 Å². The van der Waals surface area contributed by atoms with Crippen molar-refractivity contribution in [2.45, 2.75) is 0 Å². The summed E-state index contributed by atoms with van der Waals surface area (Å²) in [5.74, 6) is -0.862. The maximum absolute atomic E-state index is 12.1. The number of hydrogen-bond acceptors (Lipinski definition) is 5. The fraction of sp³-hybridized carbons (Fsp3) is 0.211. The van der Waals surface area contributed by atoms with Crippen LogP contribution in [-0.2, 0) is 9.59 Å². The number of anilines is 1. The Morgan fingerprint density at radius 1 is 0.964 bits per heavy atom. The van der Waals surface area contributed by atoms with Crippen molar-refractivity contribution in [2.75, 3.05) is 32.6 Å². The van der Waals surface area contributed by atoms with E-state index in [0.29, 0.717) is 27.0 Å². The number of nitrogens with zero attached hydrogens (tertiary/aromatic N) is 1. The van der Waals surface area contributed by atoms with Gasteiger partial charge in [0.05, 0.1) is 35.9 Å². The van der Waals surface area contributed by atoms with Crippen molar-refractivity contribution in [3.8, 4) is 5.75 Å². The van der Waals surface area contributed by atoms with E-state index in [1.54, 1.807) is 49.5 Å². The fourth-order valence-electron chi connectivity index (χ4n) is 2.32. The molecule has 148 valence electrons. The summed E-state index contributed by atoms with van der Waals surface area (Å²) in [4.78, 5) is 37.7. The number of imide groups is 1. The summed E-state index contributed by atoms with van der Waals surface area (Å²) < 4.78 is 5.02. The zero-order chi connectivity index (χ0) is 20.7. The van der Waals surface area contributed by atoms with Crippen molar-refractivity contribution in [3.05, 3.63) is 58.1 Å². The first-order valence-electron chi connectivity index (χ1n) is 8.20. The topological polar surface area (TPSA) is 87.7 Å². The summed E-state index contributed by atoms with van der Waals surface area (Å²) in [5, 5.41) is 5.50. The lowest BCUT2D eigenvalue weighted by Crippen LogP contribution is -2.41. The van der Waals surface area contributed by atoms with Crippen LogP contribution in [0.25, 0.3) is 0 Å². The van der Waals surface area contributed by atoms with Gasteiger partial charge in [0.1, 0.15) is 5.75 Å². The molecule has 0 aromatic heterocycles. The van der Waals surface area contributed by atoms with E-state index in [4.69, 9.17) is 27.9 Å². The SMILES string of the molecule is COc1ccc(C(=O)NC(=O)CN(C)CC(=O)Nc2c(Cl)cccc2Cl)cc1. The maximum Gasteiger partial charge on any atom is 0.257 e. The normalized spacial score (nSPS) is 10.5. The van der Waals surface area contributed by atoms with Gasteiger partial charge >= 0.3 is 0 Å². The van der Waals surface area contributed by atoms with E-state index in [9.17, 15) is 14.4 Å². The molecule has 0 aliphatic carbocycles. The minimum Gasteiger partial charge on any atom is -0.497 e. The monoisotopic (exact) mass is 423 g/mol. The van der Waals surface area contributed by atoms with E-state index >= 15 is 0 Å². The van der Waals surface area contributed by atoms with Gasteiger partial charge in [-0.2, -0.15) is 0 Å². The van der Waals surface area contributed by atoms with Crippen LogP contribution in [0.2, 0.25) is 10.0 Å². The number of likely N-dealkylation sites (N-methyl/N-ethyl adjacent to an activating group) is 1. The molecular formula is C19H19Cl2N3O4. The highest BCUT2D eigenvalue weighted by molar-refractivity contribution is 6.39. The molecule has 0 unspecified atom stereocenters. The summed E-state index contributed by atoms with van der Waals surface area (Å²) in [5.41, 5.74) is 0.631. The van der Waals surface area contributed by atoms with Crippen molar-refractivity contribution in [2.24, 2.45) is 0 Å². The minimum atomic E-state index is -0.535. The summed E-state index contributed by atoms with van der Waals surface area (Å²) >= 11 is 12.0. The second kappa shape index (κ2) is 10.1. The molecule has 28 heavy (non-hydrogen) atoms. The first-order chi connectivity index (χ1) is 13.3. The molecule has 0 radical (unpaired) electrons. The Labute approximate surface area is 172 Å². The van der Waals surface area contributed by atoms with Crippen LogP contribution in [-0.4, -0.2) is 49.9 Å². The standard InChI is InChI=1S/C19H19Cl2N3O4/c1-24(10-16(25)22-18-14(20)4-3-5-15(18)21)11-17(26)23-19(27)12-6-8-13(28-2)9-7-12/h3-9H,10-11H2,1-2H3,(H,22,25)(H,23,26,27). The number of rotatable bonds is 7. The Kier molecular flexibility index (Phi) is 7.80. The molecule has 3 amide bonds. The third-order valence-corrected chi connectivity index (χ3v) is 4.29. The lowest BCUT2D eigenvalue weighted by atomic mass is 10.2. The van der Waals surface area contributed by atoms with Crippen molar-refractivity contribution in [1.82, 2.24) is 10.2 Å². The Morgan fingerprint density at radius 2 is 1.54 bits per heavy atom. The van der Waals surface area contributed by atoms with Gasteiger partial charge in [-0.3, -0.25) is 24.6 Å². The Balaban J connectivity index is 1.84.